The van der Waals surface area contributed by atoms with Gasteiger partial charge in [0.25, 0.3) is 11.8 Å². The highest BCUT2D eigenvalue weighted by molar-refractivity contribution is 6.07. The zero-order valence-electron chi connectivity index (χ0n) is 20.4. The lowest BCUT2D eigenvalue weighted by Gasteiger charge is -2.29. The first-order valence-electron chi connectivity index (χ1n) is 12.2. The normalized spacial score (nSPS) is 22.4. The fourth-order valence-corrected chi connectivity index (χ4v) is 5.22. The molecule has 6 N–H and O–H groups in total. The number of nitrogens with zero attached hydrogens (tertiary/aromatic N) is 2. The van der Waals surface area contributed by atoms with Crippen molar-refractivity contribution >= 4 is 46.8 Å². The molecule has 4 aliphatic rings. The van der Waals surface area contributed by atoms with Crippen molar-refractivity contribution in [3.63, 3.8) is 0 Å². The number of piperidine rings is 2. The fourth-order valence-electron chi connectivity index (χ4n) is 5.22. The van der Waals surface area contributed by atoms with Gasteiger partial charge >= 0.3 is 0 Å². The molecule has 4 heterocycles. The molecule has 196 valence electrons. The predicted octanol–water partition coefficient (Wildman–Crippen LogP) is 0.0596. The van der Waals surface area contributed by atoms with E-state index in [1.165, 1.54) is 9.80 Å². The van der Waals surface area contributed by atoms with E-state index in [-0.39, 0.29) is 36.5 Å². The van der Waals surface area contributed by atoms with Crippen molar-refractivity contribution in [1.82, 2.24) is 20.4 Å². The number of nitrogens with one attached hydrogen (secondary N) is 2. The fraction of sp³-hybridized carbons (Fsp3) is 0.308. The Kier molecular flexibility index (Phi) is 6.31. The molecule has 0 spiro atoms. The van der Waals surface area contributed by atoms with E-state index in [0.717, 1.165) is 11.1 Å². The molecule has 2 aromatic rings. The molecule has 6 amide bonds. The van der Waals surface area contributed by atoms with Crippen LogP contribution in [0.3, 0.4) is 0 Å². The number of rotatable bonds is 2. The molecule has 0 aliphatic carbocycles. The maximum Gasteiger partial charge on any atom is 0.255 e. The summed E-state index contributed by atoms with van der Waals surface area (Å²) < 4.78 is 0. The molecule has 2 unspecified atom stereocenters. The topological polar surface area (TPSA) is 185 Å². The molecule has 2 fully saturated rings. The Hall–Kier alpha value is -4.74. The zero-order chi connectivity index (χ0) is 27.1. The number of hydrogen-bond acceptors (Lipinski definition) is 8. The summed E-state index contributed by atoms with van der Waals surface area (Å²) in [6.45, 7) is 0.653. The van der Waals surface area contributed by atoms with Crippen molar-refractivity contribution in [3.8, 4) is 0 Å². The van der Waals surface area contributed by atoms with Gasteiger partial charge < -0.3 is 21.3 Å². The molecule has 0 saturated carbocycles. The second kappa shape index (κ2) is 9.61. The van der Waals surface area contributed by atoms with Gasteiger partial charge in [0.15, 0.2) is 0 Å². The highest BCUT2D eigenvalue weighted by Crippen LogP contribution is 2.32. The van der Waals surface area contributed by atoms with Crippen LogP contribution in [0.2, 0.25) is 0 Å². The van der Waals surface area contributed by atoms with Crippen LogP contribution in [0.5, 0.6) is 0 Å². The number of carbonyl (C=O) groups is 6. The summed E-state index contributed by atoms with van der Waals surface area (Å²) in [6, 6.07) is 9.16. The molecule has 2 saturated heterocycles. The van der Waals surface area contributed by atoms with Crippen LogP contribution in [-0.4, -0.2) is 57.3 Å². The number of benzene rings is 2. The Bertz CT molecular complexity index is 1300. The standard InChI is InChI=1S/2C13H13N3O3/c2*14-9-3-1-2-7-8(9)6-16(13(7)19)10-4-5-11(17)15-12(10)18/h2*1-3,10H,4-6,14H2,(H,15,17,18). The number of hydrogen-bond donors (Lipinski definition) is 4. The molecule has 0 bridgehead atoms. The quantitative estimate of drug-likeness (QED) is 0.317. The van der Waals surface area contributed by atoms with Crippen molar-refractivity contribution in [2.75, 3.05) is 11.5 Å². The largest absolute Gasteiger partial charge is 0.398 e. The van der Waals surface area contributed by atoms with Crippen LogP contribution in [0.15, 0.2) is 36.4 Å². The summed E-state index contributed by atoms with van der Waals surface area (Å²) >= 11 is 0. The van der Waals surface area contributed by atoms with Gasteiger partial charge in [-0.1, -0.05) is 12.1 Å². The van der Waals surface area contributed by atoms with Crippen molar-refractivity contribution in [1.29, 1.82) is 0 Å². The van der Waals surface area contributed by atoms with Crippen LogP contribution in [0.1, 0.15) is 57.5 Å². The van der Waals surface area contributed by atoms with Gasteiger partial charge in [0, 0.05) is 59.6 Å². The monoisotopic (exact) mass is 518 g/mol. The first-order chi connectivity index (χ1) is 18.2. The van der Waals surface area contributed by atoms with Crippen molar-refractivity contribution < 1.29 is 28.8 Å². The van der Waals surface area contributed by atoms with Gasteiger partial charge in [-0.2, -0.15) is 0 Å². The molecule has 38 heavy (non-hydrogen) atoms. The Labute approximate surface area is 217 Å². The van der Waals surface area contributed by atoms with Crippen molar-refractivity contribution in [2.45, 2.75) is 50.9 Å². The minimum atomic E-state index is -0.586. The lowest BCUT2D eigenvalue weighted by Crippen LogP contribution is -2.52. The summed E-state index contributed by atoms with van der Waals surface area (Å²) in [7, 11) is 0. The maximum atomic E-state index is 12.3. The summed E-state index contributed by atoms with van der Waals surface area (Å²) in [5.41, 5.74) is 15.4. The first-order valence-corrected chi connectivity index (χ1v) is 12.2. The Morgan fingerprint density at radius 3 is 1.37 bits per heavy atom. The third kappa shape index (κ3) is 4.33. The van der Waals surface area contributed by atoms with E-state index in [0.29, 0.717) is 48.4 Å². The highest BCUT2D eigenvalue weighted by atomic mass is 16.2. The second-order valence-electron chi connectivity index (χ2n) is 9.55. The Morgan fingerprint density at radius 2 is 1.03 bits per heavy atom. The van der Waals surface area contributed by atoms with Crippen LogP contribution in [0.4, 0.5) is 11.4 Å². The van der Waals surface area contributed by atoms with Gasteiger partial charge in [-0.05, 0) is 37.1 Å². The molecule has 2 atom stereocenters. The molecular weight excluding hydrogens is 492 g/mol. The van der Waals surface area contributed by atoms with Gasteiger partial charge in [0.05, 0.1) is 0 Å². The minimum Gasteiger partial charge on any atom is -0.398 e. The highest BCUT2D eigenvalue weighted by Gasteiger charge is 2.40. The Morgan fingerprint density at radius 1 is 0.632 bits per heavy atom. The number of carbonyl (C=O) groups excluding carboxylic acids is 6. The minimum absolute atomic E-state index is 0.197. The number of anilines is 2. The average Bonchev–Trinajstić information content (AvgIpc) is 3.39. The third-order valence-electron chi connectivity index (χ3n) is 7.24. The van der Waals surface area contributed by atoms with E-state index in [2.05, 4.69) is 10.6 Å². The van der Waals surface area contributed by atoms with E-state index in [1.54, 1.807) is 36.4 Å². The van der Waals surface area contributed by atoms with Crippen LogP contribution >= 0.6 is 0 Å². The molecule has 12 nitrogen and oxygen atoms in total. The first kappa shape index (κ1) is 24.9. The van der Waals surface area contributed by atoms with Gasteiger partial charge in [-0.15, -0.1) is 0 Å². The number of fused-ring (bicyclic) bond motifs is 2. The predicted molar refractivity (Wildman–Crippen MR) is 134 cm³/mol. The molecule has 2 aromatic carbocycles. The van der Waals surface area contributed by atoms with Crippen LogP contribution < -0.4 is 22.1 Å². The average molecular weight is 519 g/mol. The number of imide groups is 2. The van der Waals surface area contributed by atoms with Gasteiger partial charge in [-0.3, -0.25) is 39.4 Å². The van der Waals surface area contributed by atoms with Crippen molar-refractivity contribution in [2.24, 2.45) is 0 Å². The number of nitrogens with two attached hydrogens (primary N) is 2. The number of nitrogen functional groups attached to an aromatic ring is 2. The molecule has 12 heteroatoms. The van der Waals surface area contributed by atoms with Gasteiger partial charge in [0.1, 0.15) is 12.1 Å². The molecule has 0 radical (unpaired) electrons. The van der Waals surface area contributed by atoms with Crippen LogP contribution in [-0.2, 0) is 32.3 Å². The molecular formula is C26H26N6O6. The summed E-state index contributed by atoms with van der Waals surface area (Å²) in [6.07, 6.45) is 1.24. The molecule has 6 rings (SSSR count). The number of amides is 6. The lowest BCUT2D eigenvalue weighted by molar-refractivity contribution is -0.138. The van der Waals surface area contributed by atoms with Crippen LogP contribution in [0.25, 0.3) is 0 Å². The third-order valence-corrected chi connectivity index (χ3v) is 7.24. The van der Waals surface area contributed by atoms with E-state index >= 15 is 0 Å². The maximum absolute atomic E-state index is 12.3. The van der Waals surface area contributed by atoms with E-state index in [9.17, 15) is 28.8 Å². The van der Waals surface area contributed by atoms with E-state index < -0.39 is 23.9 Å². The summed E-state index contributed by atoms with van der Waals surface area (Å²) in [5.74, 6) is -1.78. The van der Waals surface area contributed by atoms with Gasteiger partial charge in [-0.25, -0.2) is 0 Å². The van der Waals surface area contributed by atoms with Crippen LogP contribution in [0, 0.1) is 0 Å². The second-order valence-corrected chi connectivity index (χ2v) is 9.55. The SMILES string of the molecule is Nc1cccc2c1CN(C1CCC(=O)NC1=O)C2=O.Nc1cccc2c1CN(C1CCC(=O)NC1=O)C2=O. The Balaban J connectivity index is 0.000000155. The van der Waals surface area contributed by atoms with Crippen molar-refractivity contribution in [3.05, 3.63) is 58.7 Å². The molecule has 4 aliphatic heterocycles. The van der Waals surface area contributed by atoms with E-state index in [1.807, 2.05) is 0 Å². The lowest BCUT2D eigenvalue weighted by atomic mass is 10.0. The summed E-state index contributed by atoms with van der Waals surface area (Å²) in [5, 5.41) is 4.53. The smallest absolute Gasteiger partial charge is 0.255 e. The van der Waals surface area contributed by atoms with Gasteiger partial charge in [0.2, 0.25) is 23.6 Å². The molecule has 0 aromatic heterocycles. The summed E-state index contributed by atoms with van der Waals surface area (Å²) in [4.78, 5) is 73.4. The van der Waals surface area contributed by atoms with E-state index in [4.69, 9.17) is 11.5 Å². The zero-order valence-corrected chi connectivity index (χ0v) is 20.4.